The fourth-order valence-electron chi connectivity index (χ4n) is 3.97. The van der Waals surface area contributed by atoms with Crippen LogP contribution in [-0.2, 0) is 18.0 Å². The van der Waals surface area contributed by atoms with Crippen LogP contribution in [0.1, 0.15) is 34.8 Å². The van der Waals surface area contributed by atoms with Gasteiger partial charge in [-0.3, -0.25) is 4.79 Å². The summed E-state index contributed by atoms with van der Waals surface area (Å²) in [4.78, 5) is 15.0. The second kappa shape index (κ2) is 4.57. The van der Waals surface area contributed by atoms with Crippen LogP contribution in [0.3, 0.4) is 0 Å². The average molecular weight is 272 g/mol. The SMILES string of the molecule is CC1CC2CNCC2N1C(=O)c1ccc2c(c1)COC2. The van der Waals surface area contributed by atoms with Crippen molar-refractivity contribution in [3.8, 4) is 0 Å². The monoisotopic (exact) mass is 272 g/mol. The summed E-state index contributed by atoms with van der Waals surface area (Å²) in [5.41, 5.74) is 3.20. The molecule has 4 heteroatoms. The standard InChI is InChI=1S/C16H20N2O2/c1-10-4-13-6-17-7-15(13)18(10)16(19)11-2-3-12-8-20-9-14(12)5-11/h2-3,5,10,13,15,17H,4,6-9H2,1H3. The highest BCUT2D eigenvalue weighted by atomic mass is 16.5. The average Bonchev–Trinajstić information content (AvgIpc) is 3.11. The van der Waals surface area contributed by atoms with Crippen molar-refractivity contribution in [2.75, 3.05) is 13.1 Å². The summed E-state index contributed by atoms with van der Waals surface area (Å²) in [6.45, 7) is 5.48. The number of likely N-dealkylation sites (tertiary alicyclic amines) is 1. The molecule has 3 atom stereocenters. The van der Waals surface area contributed by atoms with Crippen molar-refractivity contribution >= 4 is 5.91 Å². The topological polar surface area (TPSA) is 41.6 Å². The molecule has 1 aromatic rings. The van der Waals surface area contributed by atoms with E-state index >= 15 is 0 Å². The van der Waals surface area contributed by atoms with Gasteiger partial charge >= 0.3 is 0 Å². The largest absolute Gasteiger partial charge is 0.372 e. The molecule has 1 amide bonds. The van der Waals surface area contributed by atoms with Gasteiger partial charge in [0.25, 0.3) is 5.91 Å². The molecule has 0 aliphatic carbocycles. The first-order valence-corrected chi connectivity index (χ1v) is 7.47. The van der Waals surface area contributed by atoms with E-state index < -0.39 is 0 Å². The number of hydrogen-bond acceptors (Lipinski definition) is 3. The number of benzene rings is 1. The second-order valence-electron chi connectivity index (χ2n) is 6.26. The fourth-order valence-corrected chi connectivity index (χ4v) is 3.97. The molecule has 4 rings (SSSR count). The van der Waals surface area contributed by atoms with Crippen LogP contribution in [0.5, 0.6) is 0 Å². The lowest BCUT2D eigenvalue weighted by molar-refractivity contribution is 0.0682. The van der Waals surface area contributed by atoms with E-state index in [1.54, 1.807) is 0 Å². The van der Waals surface area contributed by atoms with Gasteiger partial charge in [-0.1, -0.05) is 6.07 Å². The Hall–Kier alpha value is -1.39. The summed E-state index contributed by atoms with van der Waals surface area (Å²) in [7, 11) is 0. The van der Waals surface area contributed by atoms with E-state index in [0.717, 1.165) is 25.1 Å². The van der Waals surface area contributed by atoms with Crippen LogP contribution in [0.4, 0.5) is 0 Å². The quantitative estimate of drug-likeness (QED) is 0.843. The predicted octanol–water partition coefficient (Wildman–Crippen LogP) is 1.54. The molecule has 4 nitrogen and oxygen atoms in total. The number of hydrogen-bond donors (Lipinski definition) is 1. The van der Waals surface area contributed by atoms with Crippen molar-refractivity contribution in [3.05, 3.63) is 34.9 Å². The van der Waals surface area contributed by atoms with Crippen LogP contribution >= 0.6 is 0 Å². The van der Waals surface area contributed by atoms with Gasteiger partial charge in [-0.05, 0) is 42.5 Å². The van der Waals surface area contributed by atoms with Crippen LogP contribution in [0.25, 0.3) is 0 Å². The van der Waals surface area contributed by atoms with Gasteiger partial charge in [0.1, 0.15) is 0 Å². The Kier molecular flexibility index (Phi) is 2.82. The summed E-state index contributed by atoms with van der Waals surface area (Å²) in [6, 6.07) is 6.75. The number of carbonyl (C=O) groups excluding carboxylic acids is 1. The molecule has 2 fully saturated rings. The smallest absolute Gasteiger partial charge is 0.254 e. The van der Waals surface area contributed by atoms with E-state index in [1.807, 2.05) is 18.2 Å². The molecule has 0 radical (unpaired) electrons. The first-order chi connectivity index (χ1) is 9.74. The molecule has 2 saturated heterocycles. The molecule has 106 valence electrons. The van der Waals surface area contributed by atoms with Crippen molar-refractivity contribution in [1.29, 1.82) is 0 Å². The van der Waals surface area contributed by atoms with Crippen molar-refractivity contribution < 1.29 is 9.53 Å². The molecule has 20 heavy (non-hydrogen) atoms. The van der Waals surface area contributed by atoms with Gasteiger partial charge in [-0.25, -0.2) is 0 Å². The zero-order chi connectivity index (χ0) is 13.7. The maximum atomic E-state index is 12.9. The number of carbonyl (C=O) groups is 1. The molecule has 1 N–H and O–H groups in total. The zero-order valence-corrected chi connectivity index (χ0v) is 11.8. The zero-order valence-electron chi connectivity index (χ0n) is 11.8. The van der Waals surface area contributed by atoms with E-state index in [9.17, 15) is 4.79 Å². The minimum absolute atomic E-state index is 0.184. The third kappa shape index (κ3) is 1.79. The molecule has 0 bridgehead atoms. The van der Waals surface area contributed by atoms with Crippen LogP contribution in [-0.4, -0.2) is 36.0 Å². The van der Waals surface area contributed by atoms with Gasteiger partial charge in [0, 0.05) is 30.7 Å². The predicted molar refractivity (Wildman–Crippen MR) is 75.3 cm³/mol. The van der Waals surface area contributed by atoms with Crippen molar-refractivity contribution in [1.82, 2.24) is 10.2 Å². The normalized spacial score (nSPS) is 31.4. The Morgan fingerprint density at radius 1 is 1.30 bits per heavy atom. The number of ether oxygens (including phenoxy) is 1. The van der Waals surface area contributed by atoms with Gasteiger partial charge in [0.05, 0.1) is 13.2 Å². The summed E-state index contributed by atoms with van der Waals surface area (Å²) in [5, 5.41) is 3.41. The number of nitrogens with one attached hydrogen (secondary N) is 1. The van der Waals surface area contributed by atoms with Crippen molar-refractivity contribution in [2.24, 2.45) is 5.92 Å². The lowest BCUT2D eigenvalue weighted by Crippen LogP contribution is -2.42. The van der Waals surface area contributed by atoms with Crippen molar-refractivity contribution in [2.45, 2.75) is 38.6 Å². The minimum Gasteiger partial charge on any atom is -0.372 e. The Morgan fingerprint density at radius 2 is 2.15 bits per heavy atom. The third-order valence-corrected chi connectivity index (χ3v) is 4.98. The third-order valence-electron chi connectivity index (χ3n) is 4.98. The van der Waals surface area contributed by atoms with Crippen LogP contribution in [0.15, 0.2) is 18.2 Å². The Bertz CT molecular complexity index is 557. The Labute approximate surface area is 119 Å². The van der Waals surface area contributed by atoms with E-state index in [4.69, 9.17) is 4.74 Å². The molecule has 3 unspecified atom stereocenters. The first kappa shape index (κ1) is 12.4. The number of amides is 1. The van der Waals surface area contributed by atoms with E-state index in [0.29, 0.717) is 31.2 Å². The van der Waals surface area contributed by atoms with Crippen LogP contribution in [0, 0.1) is 5.92 Å². The molecular weight excluding hydrogens is 252 g/mol. The molecule has 3 aliphatic rings. The highest BCUT2D eigenvalue weighted by Gasteiger charge is 2.44. The fraction of sp³-hybridized carbons (Fsp3) is 0.562. The lowest BCUT2D eigenvalue weighted by atomic mass is 10.0. The summed E-state index contributed by atoms with van der Waals surface area (Å²) >= 11 is 0. The molecule has 0 spiro atoms. The summed E-state index contributed by atoms with van der Waals surface area (Å²) in [5.74, 6) is 0.815. The minimum atomic E-state index is 0.184. The van der Waals surface area contributed by atoms with Crippen LogP contribution < -0.4 is 5.32 Å². The maximum absolute atomic E-state index is 12.9. The van der Waals surface area contributed by atoms with Crippen LogP contribution in [0.2, 0.25) is 0 Å². The molecular formula is C16H20N2O2. The van der Waals surface area contributed by atoms with E-state index in [2.05, 4.69) is 17.1 Å². The molecule has 3 aliphatic heterocycles. The lowest BCUT2D eigenvalue weighted by Gasteiger charge is -2.28. The van der Waals surface area contributed by atoms with E-state index in [1.165, 1.54) is 11.1 Å². The molecule has 0 aromatic heterocycles. The molecule has 3 heterocycles. The highest BCUT2D eigenvalue weighted by molar-refractivity contribution is 5.95. The van der Waals surface area contributed by atoms with Gasteiger partial charge < -0.3 is 15.0 Å². The molecule has 1 aromatic carbocycles. The highest BCUT2D eigenvalue weighted by Crippen LogP contribution is 2.33. The van der Waals surface area contributed by atoms with Gasteiger partial charge in [0.15, 0.2) is 0 Å². The Morgan fingerprint density at radius 3 is 3.05 bits per heavy atom. The van der Waals surface area contributed by atoms with Gasteiger partial charge in [0.2, 0.25) is 0 Å². The maximum Gasteiger partial charge on any atom is 0.254 e. The number of rotatable bonds is 1. The summed E-state index contributed by atoms with van der Waals surface area (Å²) in [6.07, 6.45) is 1.12. The molecule has 0 saturated carbocycles. The summed E-state index contributed by atoms with van der Waals surface area (Å²) < 4.78 is 5.43. The van der Waals surface area contributed by atoms with E-state index in [-0.39, 0.29) is 5.91 Å². The van der Waals surface area contributed by atoms with Gasteiger partial charge in [-0.2, -0.15) is 0 Å². The van der Waals surface area contributed by atoms with Crippen molar-refractivity contribution in [3.63, 3.8) is 0 Å². The Balaban J connectivity index is 1.63. The van der Waals surface area contributed by atoms with Gasteiger partial charge in [-0.15, -0.1) is 0 Å². The number of fused-ring (bicyclic) bond motifs is 2. The number of nitrogens with zero attached hydrogens (tertiary/aromatic N) is 1. The first-order valence-electron chi connectivity index (χ1n) is 7.47. The second-order valence-corrected chi connectivity index (χ2v) is 6.26.